The van der Waals surface area contributed by atoms with Gasteiger partial charge in [-0.1, -0.05) is 97.1 Å². The van der Waals surface area contributed by atoms with Gasteiger partial charge in [0.05, 0.1) is 33.9 Å². The molecule has 0 spiro atoms. The van der Waals surface area contributed by atoms with Gasteiger partial charge in [0.25, 0.3) is 11.8 Å². The van der Waals surface area contributed by atoms with Crippen LogP contribution in [-0.2, 0) is 50.3 Å². The Morgan fingerprint density at radius 2 is 0.626 bits per heavy atom. The van der Waals surface area contributed by atoms with E-state index < -0.39 is 0 Å². The van der Waals surface area contributed by atoms with E-state index in [1.807, 2.05) is 169 Å². The van der Waals surface area contributed by atoms with Gasteiger partial charge in [-0.2, -0.15) is 0 Å². The van der Waals surface area contributed by atoms with Gasteiger partial charge in [-0.15, -0.1) is 22.1 Å². The topological polar surface area (TPSA) is 225 Å². The molecule has 14 bridgehead atoms. The zero-order valence-electron chi connectivity index (χ0n) is 54.4. The van der Waals surface area contributed by atoms with Crippen LogP contribution in [0.4, 0.5) is 22.7 Å². The average Bonchev–Trinajstić information content (AvgIpc) is 1.61. The molecule has 0 radical (unpaired) electrons. The van der Waals surface area contributed by atoms with Crippen LogP contribution in [0.3, 0.4) is 0 Å². The number of anilines is 4. The van der Waals surface area contributed by atoms with E-state index in [0.29, 0.717) is 136 Å². The van der Waals surface area contributed by atoms with E-state index in [4.69, 9.17) is 19.9 Å². The molecule has 0 aliphatic carbocycles. The smallest absolute Gasteiger partial charge is 1.00 e. The summed E-state index contributed by atoms with van der Waals surface area (Å²) in [7, 11) is 3.75. The van der Waals surface area contributed by atoms with E-state index in [1.54, 1.807) is 58.9 Å². The van der Waals surface area contributed by atoms with Crippen molar-refractivity contribution in [3.05, 3.63) is 204 Å². The molecule has 4 N–H and O–H groups in total. The summed E-state index contributed by atoms with van der Waals surface area (Å²) in [5.74, 6) is -1.75. The number of nitrogens with one attached hydrogen (secondary N) is 4. The Hall–Kier alpha value is -10.4. The van der Waals surface area contributed by atoms with Crippen molar-refractivity contribution in [2.75, 3.05) is 86.7 Å². The number of rotatable bonds is 2. The van der Waals surface area contributed by atoms with Gasteiger partial charge in [0, 0.05) is 160 Å². The number of amides is 6. The van der Waals surface area contributed by atoms with Gasteiger partial charge in [0.15, 0.2) is 24.8 Å². The molecular weight excluding hydrogens is 1330 g/mol. The minimum atomic E-state index is -0.336. The van der Waals surface area contributed by atoms with Crippen molar-refractivity contribution < 1.29 is 79.8 Å². The van der Waals surface area contributed by atoms with Gasteiger partial charge in [-0.05, 0) is 70.8 Å². The van der Waals surface area contributed by atoms with E-state index in [0.717, 1.165) is 0 Å². The number of aryl methyl sites for hydroxylation is 2. The second-order valence-electron chi connectivity index (χ2n) is 24.5. The zero-order chi connectivity index (χ0) is 65.8. The molecule has 9 aromatic rings. The molecule has 0 fully saturated rings. The molecule has 5 aromatic heterocycles. The number of aromatic nitrogens is 6. The zero-order valence-corrected chi connectivity index (χ0v) is 57.0. The Labute approximate surface area is 595 Å². The monoisotopic (exact) mass is 1400 g/mol. The van der Waals surface area contributed by atoms with Crippen molar-refractivity contribution >= 4 is 105 Å². The molecule has 4 aromatic carbocycles. The third-order valence-electron chi connectivity index (χ3n) is 18.1. The molecule has 23 heteroatoms. The number of fused-ring (bicyclic) bond motifs is 19. The predicted octanol–water partition coefficient (Wildman–Crippen LogP) is 3.48. The van der Waals surface area contributed by atoms with Crippen LogP contribution in [0, 0.1) is 0 Å². The van der Waals surface area contributed by atoms with Gasteiger partial charge < -0.3 is 70.7 Å². The van der Waals surface area contributed by atoms with Crippen LogP contribution in [-0.4, -0.2) is 130 Å². The maximum atomic E-state index is 14.9. The summed E-state index contributed by atoms with van der Waals surface area (Å²) >= 11 is 0. The first kappa shape index (κ1) is 70.0. The molecule has 15 rings (SSSR count). The summed E-state index contributed by atoms with van der Waals surface area (Å²) in [4.78, 5) is 119. The van der Waals surface area contributed by atoms with E-state index in [9.17, 15) is 28.8 Å². The van der Waals surface area contributed by atoms with Gasteiger partial charge in [-0.3, -0.25) is 33.7 Å². The number of carbonyl (C=O) groups excluding carboxylic acids is 6. The Kier molecular flexibility index (Phi) is 21.9. The molecule has 20 nitrogen and oxygen atoms in total. The molecule has 99 heavy (non-hydrogen) atoms. The second kappa shape index (κ2) is 31.0. The third kappa shape index (κ3) is 15.3. The van der Waals surface area contributed by atoms with Crippen molar-refractivity contribution in [2.24, 2.45) is 14.1 Å². The van der Waals surface area contributed by atoms with Crippen LogP contribution in [0.15, 0.2) is 170 Å². The minimum Gasteiger partial charge on any atom is -1.00 e. The molecule has 502 valence electrons. The van der Waals surface area contributed by atoms with Crippen molar-refractivity contribution in [3.8, 4) is 44.5 Å². The van der Waals surface area contributed by atoms with E-state index >= 15 is 0 Å². The number of hydrogen-bond donors (Lipinski definition) is 4. The fourth-order valence-corrected chi connectivity index (χ4v) is 13.0. The average molecular weight is 1400 g/mol. The van der Waals surface area contributed by atoms with E-state index in [-0.39, 0.29) is 155 Å². The van der Waals surface area contributed by atoms with Gasteiger partial charge >= 0.3 is 17.1 Å². The first-order chi connectivity index (χ1) is 46.8. The fraction of sp³-hybridized carbons (Fsp3) is 0.211. The van der Waals surface area contributed by atoms with Crippen molar-refractivity contribution in [2.45, 2.75) is 25.7 Å². The largest absolute Gasteiger partial charge is 2.00 e. The number of benzene rings is 4. The van der Waals surface area contributed by atoms with Crippen LogP contribution in [0.5, 0.6) is 0 Å². The number of halogens is 2. The summed E-state index contributed by atoms with van der Waals surface area (Å²) in [5, 5.41) is 13.1. The summed E-state index contributed by atoms with van der Waals surface area (Å²) in [5.41, 5.74) is 12.0. The maximum absolute atomic E-state index is 14.9. The predicted molar refractivity (Wildman–Crippen MR) is 371 cm³/mol. The molecule has 6 aliphatic heterocycles. The van der Waals surface area contributed by atoms with Crippen LogP contribution in [0.25, 0.3) is 90.9 Å². The van der Waals surface area contributed by atoms with Gasteiger partial charge in [0.1, 0.15) is 14.1 Å². The molecule has 0 atom stereocenters. The Morgan fingerprint density at radius 1 is 0.364 bits per heavy atom. The minimum absolute atomic E-state index is 0. The molecule has 0 unspecified atom stereocenters. The summed E-state index contributed by atoms with van der Waals surface area (Å²) in [6.45, 7) is 2.23. The number of para-hydroxylation sites is 4. The maximum Gasteiger partial charge on any atom is 2.00 e. The molecule has 0 saturated heterocycles. The summed E-state index contributed by atoms with van der Waals surface area (Å²) < 4.78 is 3.69. The quantitative estimate of drug-likeness (QED) is 0.144. The molecule has 0 saturated carbocycles. The number of nitrogens with zero attached hydrogens (tertiary/aromatic N) is 10. The Morgan fingerprint density at radius 3 is 0.929 bits per heavy atom. The number of hydrogen-bond acceptors (Lipinski definition) is 10. The number of carbonyl (C=O) groups is 6. The Balaban J connectivity index is 0.00000330. The van der Waals surface area contributed by atoms with E-state index in [1.165, 1.54) is 0 Å². The van der Waals surface area contributed by atoms with Crippen LogP contribution in [0.1, 0.15) is 69.2 Å². The van der Waals surface area contributed by atoms with Crippen LogP contribution >= 0.6 is 0 Å². The third-order valence-corrected chi connectivity index (χ3v) is 18.1. The fourth-order valence-electron chi connectivity index (χ4n) is 13.0. The van der Waals surface area contributed by atoms with Crippen molar-refractivity contribution in [3.63, 3.8) is 0 Å². The first-order valence-corrected chi connectivity index (χ1v) is 32.4. The standard InChI is InChI=1S/C76H70N14O6.2ClH.Fe/c1-85-35-27-49(28-36-85)75(95)89-41-33-69(93)83-57-17-9-5-13-53(57)73-63-23-21-61(78-63)71-51-11-3-7-15-55(51)81-67(91)31-39-87-40-32-68(92)82-56-16-8-4-12-52(56)72(60-20-19-59(71)77-60)62-22-24-64(79-62)74(66-26-25-65(73)80-66)54-14-6-10-18-58(54)84-70(94)34-42-90(48-46-88(44-43-87)45-47-89)76(96)50-29-37-86(2)38-30-50;;;/h3-30,35-38H,31-34,39-48H2,1-2H3,(H4-,77,78,79,80,81,82,83,84,91,92,93,94,95);2*1H;/q;;;+2/p-2. The molecule has 6 aliphatic rings. The van der Waals surface area contributed by atoms with Crippen molar-refractivity contribution in [1.29, 1.82) is 0 Å². The van der Waals surface area contributed by atoms with Crippen LogP contribution < -0.4 is 65.2 Å². The second-order valence-corrected chi connectivity index (χ2v) is 24.5. The summed E-state index contributed by atoms with van der Waals surface area (Å²) in [6.07, 6.45) is 14.9. The van der Waals surface area contributed by atoms with Crippen LogP contribution in [0.2, 0.25) is 0 Å². The molecule has 11 heterocycles. The van der Waals surface area contributed by atoms with Gasteiger partial charge in [0.2, 0.25) is 23.6 Å². The number of pyridine rings is 2. The summed E-state index contributed by atoms with van der Waals surface area (Å²) in [6, 6.07) is 45.0. The van der Waals surface area contributed by atoms with Crippen molar-refractivity contribution in [1.82, 2.24) is 39.5 Å². The SMILES string of the molecule is C[n+]1ccc(C(=O)N2CCC(=O)Nc3ccccc3-c3c4nc(c5c6ccc([n-]6)c6c7nc(c(c8ccc3[n-]8)-c3ccccc3NC(=O)CCN(CCC(=O)Nc3ccccc3-6)CCN(CC2)CCN(C(=O)c2cc[n+](C)cc2)CCC(=O)Nc2ccccc2-5)C=C7)C=C4)cc1.[Cl-].[Cl-].[Fe+2]. The van der Waals surface area contributed by atoms with Gasteiger partial charge in [-0.25, -0.2) is 19.1 Å². The molecule has 6 amide bonds. The first-order valence-electron chi connectivity index (χ1n) is 32.4. The molecular formula is C76H70Cl2FeN14O6. The van der Waals surface area contributed by atoms with E-state index in [2.05, 4.69) is 31.1 Å². The normalized spacial score (nSPS) is 16.5. The Bertz CT molecular complexity index is 4550.